The van der Waals surface area contributed by atoms with Gasteiger partial charge in [-0.3, -0.25) is 0 Å². The van der Waals surface area contributed by atoms with E-state index in [9.17, 15) is 0 Å². The first-order chi connectivity index (χ1) is 5.41. The Morgan fingerprint density at radius 3 is 2.55 bits per heavy atom. The minimum atomic E-state index is 1.17. The number of allylic oxidation sites excluding steroid dienone is 2. The van der Waals surface area contributed by atoms with Crippen molar-refractivity contribution in [3.8, 4) is 0 Å². The molecule has 0 rings (SSSR count). The largest absolute Gasteiger partial charge is 0.317 e. The van der Waals surface area contributed by atoms with Gasteiger partial charge in [0, 0.05) is 0 Å². The Morgan fingerprint density at radius 2 is 1.91 bits per heavy atom. The highest BCUT2D eigenvalue weighted by atomic mass is 14.8. The smallest absolute Gasteiger partial charge is 0.00460 e. The molecule has 66 valence electrons. The molecule has 0 saturated heterocycles. The minimum Gasteiger partial charge on any atom is -0.317 e. The molecular weight excluding hydrogens is 134 g/mol. The minimum absolute atomic E-state index is 1.17. The van der Waals surface area contributed by atoms with Crippen LogP contribution in [0.5, 0.6) is 0 Å². The topological polar surface area (TPSA) is 12.0 Å². The summed E-state index contributed by atoms with van der Waals surface area (Å²) in [7, 11) is 0. The zero-order valence-electron chi connectivity index (χ0n) is 7.90. The summed E-state index contributed by atoms with van der Waals surface area (Å²) in [6, 6.07) is 0. The lowest BCUT2D eigenvalue weighted by atomic mass is 10.3. The van der Waals surface area contributed by atoms with Gasteiger partial charge in [-0.25, -0.2) is 0 Å². The molecule has 0 bridgehead atoms. The van der Waals surface area contributed by atoms with Gasteiger partial charge in [-0.1, -0.05) is 25.5 Å². The Hall–Kier alpha value is -0.300. The molecule has 0 fully saturated rings. The molecule has 0 heterocycles. The molecule has 1 heteroatoms. The van der Waals surface area contributed by atoms with E-state index in [1.807, 2.05) is 0 Å². The highest BCUT2D eigenvalue weighted by Crippen LogP contribution is 1.89. The highest BCUT2D eigenvalue weighted by molar-refractivity contribution is 4.76. The van der Waals surface area contributed by atoms with Crippen LogP contribution in [0.15, 0.2) is 12.2 Å². The second kappa shape index (κ2) is 9.70. The summed E-state index contributed by atoms with van der Waals surface area (Å²) in [6.07, 6.45) is 9.43. The van der Waals surface area contributed by atoms with Crippen molar-refractivity contribution in [2.24, 2.45) is 0 Å². The van der Waals surface area contributed by atoms with E-state index in [1.54, 1.807) is 0 Å². The molecule has 0 unspecified atom stereocenters. The van der Waals surface area contributed by atoms with Gasteiger partial charge in [0.05, 0.1) is 0 Å². The second-order valence-electron chi connectivity index (χ2n) is 2.81. The van der Waals surface area contributed by atoms with Crippen LogP contribution in [0.3, 0.4) is 0 Å². The van der Waals surface area contributed by atoms with E-state index in [2.05, 4.69) is 31.3 Å². The summed E-state index contributed by atoms with van der Waals surface area (Å²) in [5, 5.41) is 3.41. The normalized spacial score (nSPS) is 11.1. The molecule has 1 nitrogen and oxygen atoms in total. The predicted octanol–water partition coefficient (Wildman–Crippen LogP) is 2.73. The van der Waals surface area contributed by atoms with E-state index in [4.69, 9.17) is 0 Å². The molecule has 0 atom stereocenters. The molecule has 0 aromatic carbocycles. The Bertz CT molecular complexity index is 86.9. The van der Waals surface area contributed by atoms with Gasteiger partial charge in [-0.15, -0.1) is 0 Å². The zero-order valence-corrected chi connectivity index (χ0v) is 7.90. The third-order valence-corrected chi connectivity index (χ3v) is 1.67. The highest BCUT2D eigenvalue weighted by Gasteiger charge is 1.84. The van der Waals surface area contributed by atoms with Crippen molar-refractivity contribution in [3.63, 3.8) is 0 Å². The van der Waals surface area contributed by atoms with Crippen LogP contribution in [0.1, 0.15) is 39.5 Å². The quantitative estimate of drug-likeness (QED) is 0.440. The van der Waals surface area contributed by atoms with Crippen molar-refractivity contribution < 1.29 is 0 Å². The summed E-state index contributed by atoms with van der Waals surface area (Å²) in [6.45, 7) is 6.66. The van der Waals surface area contributed by atoms with E-state index in [-0.39, 0.29) is 0 Å². The summed E-state index contributed by atoms with van der Waals surface area (Å²) >= 11 is 0. The molecule has 0 aromatic heterocycles. The summed E-state index contributed by atoms with van der Waals surface area (Å²) in [5.74, 6) is 0. The molecule has 0 aliphatic rings. The Balaban J connectivity index is 2.79. The van der Waals surface area contributed by atoms with Crippen molar-refractivity contribution >= 4 is 0 Å². The van der Waals surface area contributed by atoms with Crippen molar-refractivity contribution in [1.29, 1.82) is 0 Å². The van der Waals surface area contributed by atoms with Gasteiger partial charge in [0.1, 0.15) is 0 Å². The maximum Gasteiger partial charge on any atom is -0.00460 e. The van der Waals surface area contributed by atoms with Gasteiger partial charge in [0.25, 0.3) is 0 Å². The van der Waals surface area contributed by atoms with Crippen LogP contribution in [0, 0.1) is 0 Å². The van der Waals surface area contributed by atoms with E-state index in [0.29, 0.717) is 0 Å². The summed E-state index contributed by atoms with van der Waals surface area (Å²) in [4.78, 5) is 0. The average molecular weight is 155 g/mol. The third kappa shape index (κ3) is 9.70. The van der Waals surface area contributed by atoms with Gasteiger partial charge in [0.15, 0.2) is 0 Å². The maximum atomic E-state index is 3.41. The van der Waals surface area contributed by atoms with Crippen LogP contribution in [0.4, 0.5) is 0 Å². The fourth-order valence-corrected chi connectivity index (χ4v) is 0.938. The van der Waals surface area contributed by atoms with Crippen molar-refractivity contribution in [2.45, 2.75) is 39.5 Å². The van der Waals surface area contributed by atoms with Crippen molar-refractivity contribution in [3.05, 3.63) is 12.2 Å². The third-order valence-electron chi connectivity index (χ3n) is 1.67. The van der Waals surface area contributed by atoms with Crippen LogP contribution in [0.2, 0.25) is 0 Å². The second-order valence-corrected chi connectivity index (χ2v) is 2.81. The molecule has 1 N–H and O–H groups in total. The number of hydrogen-bond donors (Lipinski definition) is 1. The van der Waals surface area contributed by atoms with Crippen LogP contribution in [0.25, 0.3) is 0 Å². The van der Waals surface area contributed by atoms with Crippen LogP contribution < -0.4 is 5.32 Å². The molecule has 0 saturated carbocycles. The Labute approximate surface area is 70.9 Å². The lowest BCUT2D eigenvalue weighted by Gasteiger charge is -2.00. The van der Waals surface area contributed by atoms with E-state index in [0.717, 1.165) is 0 Å². The van der Waals surface area contributed by atoms with Gasteiger partial charge >= 0.3 is 0 Å². The first-order valence-electron chi connectivity index (χ1n) is 4.73. The molecule has 0 amide bonds. The van der Waals surface area contributed by atoms with E-state index in [1.165, 1.54) is 38.8 Å². The predicted molar refractivity (Wildman–Crippen MR) is 51.8 cm³/mol. The number of rotatable bonds is 7. The first-order valence-corrected chi connectivity index (χ1v) is 4.73. The molecule has 0 aliphatic heterocycles. The average Bonchev–Trinajstić information content (AvgIpc) is 2.03. The van der Waals surface area contributed by atoms with Gasteiger partial charge < -0.3 is 5.32 Å². The Morgan fingerprint density at radius 1 is 1.18 bits per heavy atom. The van der Waals surface area contributed by atoms with E-state index >= 15 is 0 Å². The SMILES string of the molecule is CC=CCCCNCCCC. The van der Waals surface area contributed by atoms with Crippen molar-refractivity contribution in [2.75, 3.05) is 13.1 Å². The number of nitrogens with one attached hydrogen (secondary N) is 1. The molecular formula is C10H21N. The molecule has 0 radical (unpaired) electrons. The standard InChI is InChI=1S/C10H21N/c1-3-5-7-8-10-11-9-6-4-2/h3,5,11H,4,6-10H2,1-2H3. The number of hydrogen-bond acceptors (Lipinski definition) is 1. The first kappa shape index (κ1) is 10.7. The Kier molecular flexibility index (Phi) is 9.44. The summed E-state index contributed by atoms with van der Waals surface area (Å²) in [5.41, 5.74) is 0. The lowest BCUT2D eigenvalue weighted by Crippen LogP contribution is -2.16. The summed E-state index contributed by atoms with van der Waals surface area (Å²) < 4.78 is 0. The van der Waals surface area contributed by atoms with Crippen LogP contribution in [-0.2, 0) is 0 Å². The fraction of sp³-hybridized carbons (Fsp3) is 0.800. The van der Waals surface area contributed by atoms with Crippen LogP contribution >= 0.6 is 0 Å². The van der Waals surface area contributed by atoms with E-state index < -0.39 is 0 Å². The number of unbranched alkanes of at least 4 members (excludes halogenated alkanes) is 2. The van der Waals surface area contributed by atoms with Crippen LogP contribution in [-0.4, -0.2) is 13.1 Å². The molecule has 0 aliphatic carbocycles. The molecule has 0 aromatic rings. The maximum absolute atomic E-state index is 3.41. The fourth-order valence-electron chi connectivity index (χ4n) is 0.938. The van der Waals surface area contributed by atoms with Crippen molar-refractivity contribution in [1.82, 2.24) is 5.32 Å². The zero-order chi connectivity index (χ0) is 8.36. The van der Waals surface area contributed by atoms with Gasteiger partial charge in [-0.2, -0.15) is 0 Å². The monoisotopic (exact) mass is 155 g/mol. The molecule has 11 heavy (non-hydrogen) atoms. The molecule has 0 spiro atoms. The lowest BCUT2D eigenvalue weighted by molar-refractivity contribution is 0.620. The van der Waals surface area contributed by atoms with Gasteiger partial charge in [-0.05, 0) is 39.3 Å². The van der Waals surface area contributed by atoms with Gasteiger partial charge in [0.2, 0.25) is 0 Å².